The molecule has 2 aromatic heterocycles. The van der Waals surface area contributed by atoms with Crippen molar-refractivity contribution in [2.24, 2.45) is 0 Å². The van der Waals surface area contributed by atoms with E-state index in [0.29, 0.717) is 0 Å². The fraction of sp³-hybridized carbons (Fsp3) is 0.286. The van der Waals surface area contributed by atoms with Crippen LogP contribution in [0.15, 0.2) is 24.5 Å². The van der Waals surface area contributed by atoms with Crippen molar-refractivity contribution < 1.29 is 0 Å². The maximum absolute atomic E-state index is 5.82. The van der Waals surface area contributed by atoms with E-state index < -0.39 is 0 Å². The zero-order chi connectivity index (χ0) is 12.8. The third-order valence-corrected chi connectivity index (χ3v) is 4.65. The van der Waals surface area contributed by atoms with Gasteiger partial charge in [0.05, 0.1) is 15.9 Å². The first-order valence-corrected chi connectivity index (χ1v) is 7.34. The van der Waals surface area contributed by atoms with Crippen molar-refractivity contribution >= 4 is 27.2 Å². The summed E-state index contributed by atoms with van der Waals surface area (Å²) in [6.45, 7) is 0. The SMILES string of the molecule is Nc1ccc2nc(-n3cnc4c3CCCC4)sc2c1. The maximum atomic E-state index is 5.82. The first-order chi connectivity index (χ1) is 9.31. The lowest BCUT2D eigenvalue weighted by Crippen LogP contribution is -2.06. The number of aromatic nitrogens is 3. The Bertz CT molecular complexity index is 756. The van der Waals surface area contributed by atoms with Gasteiger partial charge in [0, 0.05) is 11.4 Å². The van der Waals surface area contributed by atoms with Crippen molar-refractivity contribution in [1.82, 2.24) is 14.5 Å². The molecule has 0 spiro atoms. The second-order valence-electron chi connectivity index (χ2n) is 4.94. The van der Waals surface area contributed by atoms with Crippen molar-refractivity contribution in [1.29, 1.82) is 0 Å². The average Bonchev–Trinajstić information content (AvgIpc) is 3.00. The van der Waals surface area contributed by atoms with E-state index in [2.05, 4.69) is 9.55 Å². The molecule has 96 valence electrons. The Morgan fingerprint density at radius 1 is 1.21 bits per heavy atom. The zero-order valence-electron chi connectivity index (χ0n) is 10.5. The molecule has 3 aromatic rings. The molecule has 0 atom stereocenters. The van der Waals surface area contributed by atoms with Gasteiger partial charge in [-0.3, -0.25) is 4.57 Å². The number of hydrogen-bond acceptors (Lipinski definition) is 4. The number of imidazole rings is 1. The van der Waals surface area contributed by atoms with Crippen molar-refractivity contribution in [2.75, 3.05) is 5.73 Å². The molecule has 1 aromatic carbocycles. The number of nitrogens with zero attached hydrogens (tertiary/aromatic N) is 3. The van der Waals surface area contributed by atoms with E-state index in [9.17, 15) is 0 Å². The third kappa shape index (κ3) is 1.73. The van der Waals surface area contributed by atoms with Crippen LogP contribution in [0.4, 0.5) is 5.69 Å². The van der Waals surface area contributed by atoms with Crippen LogP contribution in [0.2, 0.25) is 0 Å². The molecule has 2 heterocycles. The molecule has 1 aliphatic rings. The molecule has 0 unspecified atom stereocenters. The van der Waals surface area contributed by atoms with Gasteiger partial charge in [-0.15, -0.1) is 0 Å². The van der Waals surface area contributed by atoms with Gasteiger partial charge in [0.15, 0.2) is 5.13 Å². The number of thiazole rings is 1. The van der Waals surface area contributed by atoms with Crippen molar-refractivity contribution in [2.45, 2.75) is 25.7 Å². The van der Waals surface area contributed by atoms with E-state index in [1.807, 2.05) is 24.5 Å². The number of nitrogen functional groups attached to an aromatic ring is 1. The van der Waals surface area contributed by atoms with Crippen LogP contribution in [0.25, 0.3) is 15.3 Å². The number of hydrogen-bond donors (Lipinski definition) is 1. The largest absolute Gasteiger partial charge is 0.399 e. The maximum Gasteiger partial charge on any atom is 0.196 e. The van der Waals surface area contributed by atoms with Crippen LogP contribution in [0.1, 0.15) is 24.2 Å². The quantitative estimate of drug-likeness (QED) is 0.692. The Hall–Kier alpha value is -1.88. The van der Waals surface area contributed by atoms with Gasteiger partial charge in [0.2, 0.25) is 0 Å². The molecule has 2 N–H and O–H groups in total. The van der Waals surface area contributed by atoms with E-state index in [1.165, 1.54) is 24.2 Å². The molecule has 0 bridgehead atoms. The summed E-state index contributed by atoms with van der Waals surface area (Å²) in [6, 6.07) is 5.86. The summed E-state index contributed by atoms with van der Waals surface area (Å²) in [5, 5.41) is 0.997. The molecule has 4 rings (SSSR count). The van der Waals surface area contributed by atoms with Gasteiger partial charge in [-0.25, -0.2) is 9.97 Å². The number of rotatable bonds is 1. The fourth-order valence-corrected chi connectivity index (χ4v) is 3.68. The molecule has 1 aliphatic carbocycles. The standard InChI is InChI=1S/C14H14N4S/c15-9-5-6-11-13(7-9)19-14(17-11)18-8-16-10-3-1-2-4-12(10)18/h5-8H,1-4,15H2. The highest BCUT2D eigenvalue weighted by atomic mass is 32.1. The number of anilines is 1. The summed E-state index contributed by atoms with van der Waals surface area (Å²) in [6.07, 6.45) is 6.61. The number of fused-ring (bicyclic) bond motifs is 2. The molecular weight excluding hydrogens is 256 g/mol. The van der Waals surface area contributed by atoms with Gasteiger partial charge < -0.3 is 5.73 Å². The molecule has 19 heavy (non-hydrogen) atoms. The average molecular weight is 270 g/mol. The first kappa shape index (κ1) is 11.0. The summed E-state index contributed by atoms with van der Waals surface area (Å²) in [4.78, 5) is 9.22. The number of benzene rings is 1. The van der Waals surface area contributed by atoms with Crippen molar-refractivity contribution in [3.63, 3.8) is 0 Å². The predicted molar refractivity (Wildman–Crippen MR) is 77.8 cm³/mol. The van der Waals surface area contributed by atoms with Crippen LogP contribution in [-0.4, -0.2) is 14.5 Å². The number of aryl methyl sites for hydroxylation is 1. The van der Waals surface area contributed by atoms with E-state index in [4.69, 9.17) is 10.7 Å². The molecular formula is C14H14N4S. The van der Waals surface area contributed by atoms with Crippen LogP contribution in [0.5, 0.6) is 0 Å². The minimum absolute atomic E-state index is 0.787. The first-order valence-electron chi connectivity index (χ1n) is 6.53. The molecule has 0 aliphatic heterocycles. The highest BCUT2D eigenvalue weighted by Gasteiger charge is 2.17. The van der Waals surface area contributed by atoms with Crippen LogP contribution >= 0.6 is 11.3 Å². The van der Waals surface area contributed by atoms with Crippen LogP contribution < -0.4 is 5.73 Å². The smallest absolute Gasteiger partial charge is 0.196 e. The second-order valence-corrected chi connectivity index (χ2v) is 5.95. The van der Waals surface area contributed by atoms with Gasteiger partial charge >= 0.3 is 0 Å². The molecule has 4 nitrogen and oxygen atoms in total. The zero-order valence-corrected chi connectivity index (χ0v) is 11.3. The second kappa shape index (κ2) is 4.06. The fourth-order valence-electron chi connectivity index (χ4n) is 2.67. The summed E-state index contributed by atoms with van der Waals surface area (Å²) in [5.74, 6) is 0. The predicted octanol–water partition coefficient (Wildman–Crippen LogP) is 2.94. The molecule has 0 radical (unpaired) electrons. The van der Waals surface area contributed by atoms with Crippen LogP contribution in [0, 0.1) is 0 Å². The Kier molecular flexibility index (Phi) is 2.35. The van der Waals surface area contributed by atoms with Gasteiger partial charge in [-0.05, 0) is 43.9 Å². The Balaban J connectivity index is 1.88. The summed E-state index contributed by atoms with van der Waals surface area (Å²) >= 11 is 1.67. The van der Waals surface area contributed by atoms with E-state index in [-0.39, 0.29) is 0 Å². The van der Waals surface area contributed by atoms with Gasteiger partial charge in [-0.2, -0.15) is 0 Å². The normalized spacial score (nSPS) is 14.7. The Labute approximate surface area is 114 Å². The van der Waals surface area contributed by atoms with E-state index >= 15 is 0 Å². The summed E-state index contributed by atoms with van der Waals surface area (Å²) in [7, 11) is 0. The van der Waals surface area contributed by atoms with Crippen molar-refractivity contribution in [3.8, 4) is 5.13 Å². The van der Waals surface area contributed by atoms with Gasteiger partial charge in [-0.1, -0.05) is 11.3 Å². The monoisotopic (exact) mass is 270 g/mol. The summed E-state index contributed by atoms with van der Waals surface area (Å²) < 4.78 is 3.28. The molecule has 0 saturated heterocycles. The lowest BCUT2D eigenvalue weighted by atomic mass is 10.0. The van der Waals surface area contributed by atoms with Crippen molar-refractivity contribution in [3.05, 3.63) is 35.9 Å². The minimum atomic E-state index is 0.787. The Morgan fingerprint density at radius 2 is 2.11 bits per heavy atom. The Morgan fingerprint density at radius 3 is 3.05 bits per heavy atom. The van der Waals surface area contributed by atoms with Gasteiger partial charge in [0.25, 0.3) is 0 Å². The van der Waals surface area contributed by atoms with E-state index in [0.717, 1.165) is 33.9 Å². The van der Waals surface area contributed by atoms with E-state index in [1.54, 1.807) is 11.3 Å². The molecule has 5 heteroatoms. The molecule has 0 saturated carbocycles. The van der Waals surface area contributed by atoms with Crippen LogP contribution in [-0.2, 0) is 12.8 Å². The lowest BCUT2D eigenvalue weighted by molar-refractivity contribution is 0.655. The molecule has 0 fully saturated rings. The highest BCUT2D eigenvalue weighted by molar-refractivity contribution is 7.20. The topological polar surface area (TPSA) is 56.7 Å². The number of nitrogens with two attached hydrogens (primary N) is 1. The highest BCUT2D eigenvalue weighted by Crippen LogP contribution is 2.29. The lowest BCUT2D eigenvalue weighted by Gasteiger charge is -2.11. The third-order valence-electron chi connectivity index (χ3n) is 3.64. The van der Waals surface area contributed by atoms with Crippen LogP contribution in [0.3, 0.4) is 0 Å². The van der Waals surface area contributed by atoms with Gasteiger partial charge in [0.1, 0.15) is 6.33 Å². The molecule has 0 amide bonds. The minimum Gasteiger partial charge on any atom is -0.399 e. The summed E-state index contributed by atoms with van der Waals surface area (Å²) in [5.41, 5.74) is 10.2.